The van der Waals surface area contributed by atoms with Crippen LogP contribution in [-0.2, 0) is 11.3 Å². The first kappa shape index (κ1) is 11.4. The molecule has 1 atom stereocenters. The molecule has 0 spiro atoms. The van der Waals surface area contributed by atoms with Crippen molar-refractivity contribution in [3.63, 3.8) is 0 Å². The fourth-order valence-corrected chi connectivity index (χ4v) is 1.85. The lowest BCUT2D eigenvalue weighted by Crippen LogP contribution is -2.26. The highest BCUT2D eigenvalue weighted by molar-refractivity contribution is 4.93. The molecular weight excluding hydrogens is 204 g/mol. The van der Waals surface area contributed by atoms with Crippen molar-refractivity contribution in [1.29, 1.82) is 0 Å². The Balaban J connectivity index is 1.64. The second-order valence-corrected chi connectivity index (χ2v) is 4.21. The molecule has 1 fully saturated rings. The Morgan fingerprint density at radius 1 is 1.44 bits per heavy atom. The van der Waals surface area contributed by atoms with Gasteiger partial charge in [0.25, 0.3) is 0 Å². The third-order valence-corrected chi connectivity index (χ3v) is 2.86. The Labute approximate surface area is 95.2 Å². The molecule has 88 valence electrons. The van der Waals surface area contributed by atoms with E-state index < -0.39 is 0 Å². The molecule has 1 unspecified atom stereocenters. The summed E-state index contributed by atoms with van der Waals surface area (Å²) in [5.74, 6) is 0.675. The summed E-state index contributed by atoms with van der Waals surface area (Å²) in [6.45, 7) is 4.66. The Bertz CT molecular complexity index is 349. The van der Waals surface area contributed by atoms with Crippen LogP contribution < -0.4 is 10.7 Å². The summed E-state index contributed by atoms with van der Waals surface area (Å²) in [5.41, 5.74) is 0.0623. The van der Waals surface area contributed by atoms with Crippen LogP contribution in [0.2, 0.25) is 0 Å². The maximum Gasteiger partial charge on any atom is 0.181 e. The van der Waals surface area contributed by atoms with Crippen molar-refractivity contribution in [3.8, 4) is 0 Å². The molecule has 1 aliphatic heterocycles. The van der Waals surface area contributed by atoms with E-state index in [1.165, 1.54) is 6.42 Å². The molecule has 0 aliphatic carbocycles. The van der Waals surface area contributed by atoms with Crippen molar-refractivity contribution >= 4 is 0 Å². The van der Waals surface area contributed by atoms with E-state index in [1.54, 1.807) is 12.1 Å². The van der Waals surface area contributed by atoms with Gasteiger partial charge in [-0.25, -0.2) is 0 Å². The van der Waals surface area contributed by atoms with E-state index in [4.69, 9.17) is 4.74 Å². The first-order valence-corrected chi connectivity index (χ1v) is 5.79. The summed E-state index contributed by atoms with van der Waals surface area (Å²) >= 11 is 0. The Kier molecular flexibility index (Phi) is 4.13. The second kappa shape index (κ2) is 5.82. The lowest BCUT2D eigenvalue weighted by atomic mass is 10.1. The average Bonchev–Trinajstić information content (AvgIpc) is 2.80. The molecule has 2 rings (SSSR count). The molecule has 2 heterocycles. The van der Waals surface area contributed by atoms with Crippen LogP contribution in [0.5, 0.6) is 0 Å². The predicted molar refractivity (Wildman–Crippen MR) is 62.5 cm³/mol. The molecular formula is C12H18N2O2. The van der Waals surface area contributed by atoms with Crippen LogP contribution >= 0.6 is 0 Å². The van der Waals surface area contributed by atoms with Crippen LogP contribution in [0, 0.1) is 5.92 Å². The van der Waals surface area contributed by atoms with Gasteiger partial charge in [-0.2, -0.15) is 0 Å². The van der Waals surface area contributed by atoms with Gasteiger partial charge in [-0.05, 0) is 12.3 Å². The molecule has 1 aliphatic rings. The summed E-state index contributed by atoms with van der Waals surface area (Å²) in [4.78, 5) is 10.9. The Morgan fingerprint density at radius 2 is 2.25 bits per heavy atom. The van der Waals surface area contributed by atoms with Crippen molar-refractivity contribution in [1.82, 2.24) is 9.88 Å². The van der Waals surface area contributed by atoms with Gasteiger partial charge >= 0.3 is 0 Å². The molecule has 1 aromatic heterocycles. The van der Waals surface area contributed by atoms with Gasteiger partial charge in [-0.1, -0.05) is 0 Å². The van der Waals surface area contributed by atoms with E-state index in [1.807, 2.05) is 17.0 Å². The number of ether oxygens (including phenoxy) is 1. The third kappa shape index (κ3) is 3.47. The standard InChI is InChI=1S/C12H18N2O2/c15-12-1-5-14(6-2-12)7-4-13-9-11-3-8-16-10-11/h1-2,5-6,11,13H,3-4,7-10H2. The minimum Gasteiger partial charge on any atom is -0.381 e. The Morgan fingerprint density at radius 3 is 2.94 bits per heavy atom. The van der Waals surface area contributed by atoms with E-state index in [-0.39, 0.29) is 5.43 Å². The molecule has 1 aromatic rings. The smallest absolute Gasteiger partial charge is 0.181 e. The number of rotatable bonds is 5. The van der Waals surface area contributed by atoms with Gasteiger partial charge in [0, 0.05) is 50.8 Å². The van der Waals surface area contributed by atoms with E-state index in [0.29, 0.717) is 5.92 Å². The second-order valence-electron chi connectivity index (χ2n) is 4.21. The zero-order valence-electron chi connectivity index (χ0n) is 9.39. The topological polar surface area (TPSA) is 43.3 Å². The summed E-state index contributed by atoms with van der Waals surface area (Å²) in [7, 11) is 0. The van der Waals surface area contributed by atoms with Crippen LogP contribution in [0.4, 0.5) is 0 Å². The van der Waals surface area contributed by atoms with Crippen molar-refractivity contribution in [2.75, 3.05) is 26.3 Å². The number of hydrogen-bond donors (Lipinski definition) is 1. The highest BCUT2D eigenvalue weighted by Gasteiger charge is 2.14. The maximum atomic E-state index is 10.9. The Hall–Kier alpha value is -1.13. The highest BCUT2D eigenvalue weighted by Crippen LogP contribution is 2.10. The number of hydrogen-bond acceptors (Lipinski definition) is 3. The number of nitrogens with one attached hydrogen (secondary N) is 1. The van der Waals surface area contributed by atoms with Gasteiger partial charge in [0.05, 0.1) is 6.61 Å². The van der Waals surface area contributed by atoms with Gasteiger partial charge < -0.3 is 14.6 Å². The van der Waals surface area contributed by atoms with Gasteiger partial charge in [0.1, 0.15) is 0 Å². The molecule has 0 amide bonds. The van der Waals surface area contributed by atoms with Crippen LogP contribution in [0.1, 0.15) is 6.42 Å². The minimum atomic E-state index is 0.0623. The van der Waals surface area contributed by atoms with Gasteiger partial charge in [-0.3, -0.25) is 4.79 Å². The van der Waals surface area contributed by atoms with E-state index in [9.17, 15) is 4.79 Å². The van der Waals surface area contributed by atoms with E-state index >= 15 is 0 Å². The first-order chi connectivity index (χ1) is 7.84. The summed E-state index contributed by atoms with van der Waals surface area (Å²) < 4.78 is 7.32. The van der Waals surface area contributed by atoms with Crippen LogP contribution in [-0.4, -0.2) is 30.9 Å². The van der Waals surface area contributed by atoms with Crippen LogP contribution in [0.25, 0.3) is 0 Å². The van der Waals surface area contributed by atoms with Crippen molar-refractivity contribution in [2.45, 2.75) is 13.0 Å². The largest absolute Gasteiger partial charge is 0.381 e. The lowest BCUT2D eigenvalue weighted by molar-refractivity contribution is 0.185. The van der Waals surface area contributed by atoms with Crippen LogP contribution in [0.15, 0.2) is 29.3 Å². The zero-order valence-corrected chi connectivity index (χ0v) is 9.39. The molecule has 4 nitrogen and oxygen atoms in total. The van der Waals surface area contributed by atoms with Gasteiger partial charge in [0.2, 0.25) is 0 Å². The SMILES string of the molecule is O=c1ccn(CCNCC2CCOC2)cc1. The molecule has 1 N–H and O–H groups in total. The molecule has 0 saturated carbocycles. The molecule has 1 saturated heterocycles. The van der Waals surface area contributed by atoms with E-state index in [0.717, 1.165) is 32.8 Å². The maximum absolute atomic E-state index is 10.9. The first-order valence-electron chi connectivity index (χ1n) is 5.79. The zero-order chi connectivity index (χ0) is 11.2. The normalized spacial score (nSPS) is 20.1. The monoisotopic (exact) mass is 222 g/mol. The quantitative estimate of drug-likeness (QED) is 0.737. The number of nitrogens with zero attached hydrogens (tertiary/aromatic N) is 1. The lowest BCUT2D eigenvalue weighted by Gasteiger charge is -2.10. The molecule has 16 heavy (non-hydrogen) atoms. The van der Waals surface area contributed by atoms with Crippen molar-refractivity contribution in [2.24, 2.45) is 5.92 Å². The minimum absolute atomic E-state index is 0.0623. The molecule has 0 radical (unpaired) electrons. The summed E-state index contributed by atoms with van der Waals surface area (Å²) in [6, 6.07) is 3.18. The number of aromatic nitrogens is 1. The summed E-state index contributed by atoms with van der Waals surface area (Å²) in [6.07, 6.45) is 4.82. The van der Waals surface area contributed by atoms with Crippen molar-refractivity contribution < 1.29 is 4.74 Å². The highest BCUT2D eigenvalue weighted by atomic mass is 16.5. The molecule has 0 aromatic carbocycles. The van der Waals surface area contributed by atoms with Gasteiger partial charge in [-0.15, -0.1) is 0 Å². The fourth-order valence-electron chi connectivity index (χ4n) is 1.85. The third-order valence-electron chi connectivity index (χ3n) is 2.86. The van der Waals surface area contributed by atoms with Crippen LogP contribution in [0.3, 0.4) is 0 Å². The summed E-state index contributed by atoms with van der Waals surface area (Å²) in [5, 5.41) is 3.41. The van der Waals surface area contributed by atoms with E-state index in [2.05, 4.69) is 5.32 Å². The van der Waals surface area contributed by atoms with Crippen molar-refractivity contribution in [3.05, 3.63) is 34.7 Å². The fraction of sp³-hybridized carbons (Fsp3) is 0.583. The molecule has 0 bridgehead atoms. The predicted octanol–water partition coefficient (Wildman–Crippen LogP) is 0.474. The average molecular weight is 222 g/mol. The van der Waals surface area contributed by atoms with Gasteiger partial charge in [0.15, 0.2) is 5.43 Å². The molecule has 4 heteroatoms. The number of pyridine rings is 1.